The summed E-state index contributed by atoms with van der Waals surface area (Å²) in [6, 6.07) is 5.59. The summed E-state index contributed by atoms with van der Waals surface area (Å²) >= 11 is 0. The van der Waals surface area contributed by atoms with Crippen LogP contribution >= 0.6 is 0 Å². The van der Waals surface area contributed by atoms with Gasteiger partial charge in [-0.05, 0) is 24.8 Å². The van der Waals surface area contributed by atoms with Crippen LogP contribution in [0.3, 0.4) is 0 Å². The van der Waals surface area contributed by atoms with E-state index in [1.807, 2.05) is 0 Å². The minimum atomic E-state index is -5.08. The molecular formula is C19H22F3N3O4. The Morgan fingerprint density at radius 2 is 2.17 bits per heavy atom. The number of nitrogens with zero attached hydrogens (tertiary/aromatic N) is 3. The SMILES string of the molecule is N#Cc1ccc(OC[C@]23COC[C@H]2CN(CC2CC2)C3)nc1.O=C(O)C(F)(F)F. The van der Waals surface area contributed by atoms with E-state index >= 15 is 0 Å². The first-order valence-corrected chi connectivity index (χ1v) is 9.31. The second-order valence-electron chi connectivity index (χ2n) is 7.80. The predicted molar refractivity (Wildman–Crippen MR) is 94.0 cm³/mol. The number of carbonyl (C=O) groups is 1. The number of alkyl halides is 3. The molecule has 7 nitrogen and oxygen atoms in total. The van der Waals surface area contributed by atoms with Crippen molar-refractivity contribution in [2.45, 2.75) is 19.0 Å². The number of hydrogen-bond acceptors (Lipinski definition) is 6. The van der Waals surface area contributed by atoms with Crippen molar-refractivity contribution in [3.8, 4) is 11.9 Å². The lowest BCUT2D eigenvalue weighted by Gasteiger charge is -2.27. The fraction of sp³-hybridized carbons (Fsp3) is 0.632. The fourth-order valence-electron chi connectivity index (χ4n) is 3.70. The largest absolute Gasteiger partial charge is 0.490 e. The molecule has 3 fully saturated rings. The first kappa shape index (κ1) is 21.3. The highest BCUT2D eigenvalue weighted by Crippen LogP contribution is 2.43. The summed E-state index contributed by atoms with van der Waals surface area (Å²) in [5.74, 6) is -0.658. The van der Waals surface area contributed by atoms with Gasteiger partial charge in [-0.1, -0.05) is 0 Å². The number of aliphatic carboxylic acids is 1. The van der Waals surface area contributed by atoms with Crippen molar-refractivity contribution in [2.24, 2.45) is 17.3 Å². The number of likely N-dealkylation sites (tertiary alicyclic amines) is 1. The lowest BCUT2D eigenvalue weighted by atomic mass is 9.82. The van der Waals surface area contributed by atoms with E-state index in [0.717, 1.165) is 32.2 Å². The second kappa shape index (κ2) is 8.55. The first-order chi connectivity index (χ1) is 13.7. The molecule has 29 heavy (non-hydrogen) atoms. The zero-order valence-electron chi connectivity index (χ0n) is 15.7. The van der Waals surface area contributed by atoms with Gasteiger partial charge in [-0.25, -0.2) is 9.78 Å². The van der Waals surface area contributed by atoms with Crippen molar-refractivity contribution in [1.29, 1.82) is 5.26 Å². The van der Waals surface area contributed by atoms with E-state index < -0.39 is 12.1 Å². The highest BCUT2D eigenvalue weighted by Gasteiger charge is 2.51. The third kappa shape index (κ3) is 5.58. The van der Waals surface area contributed by atoms with Crippen LogP contribution in [0, 0.1) is 28.6 Å². The standard InChI is InChI=1S/C17H21N3O2.C2HF3O2/c18-5-14-3-4-16(19-6-14)22-12-17-10-20(7-13-1-2-13)8-15(17)9-21-11-17;3-2(4,5)1(6)7/h3-4,6,13,15H,1-2,7-12H2;(H,6,7)/t15-,17+;/m1./s1. The molecule has 3 heterocycles. The monoisotopic (exact) mass is 413 g/mol. The van der Waals surface area contributed by atoms with Crippen LogP contribution in [0.25, 0.3) is 0 Å². The van der Waals surface area contributed by atoms with Crippen molar-refractivity contribution in [2.75, 3.05) is 39.5 Å². The molecule has 0 amide bonds. The van der Waals surface area contributed by atoms with Gasteiger partial charge in [0.1, 0.15) is 6.07 Å². The number of aromatic nitrogens is 1. The highest BCUT2D eigenvalue weighted by atomic mass is 19.4. The number of fused-ring (bicyclic) bond motifs is 1. The molecule has 3 aliphatic rings. The maximum absolute atomic E-state index is 10.6. The van der Waals surface area contributed by atoms with E-state index in [0.29, 0.717) is 24.0 Å². The van der Waals surface area contributed by atoms with Gasteiger partial charge in [0.2, 0.25) is 5.88 Å². The van der Waals surface area contributed by atoms with E-state index in [2.05, 4.69) is 16.0 Å². The van der Waals surface area contributed by atoms with E-state index in [4.69, 9.17) is 24.6 Å². The minimum absolute atomic E-state index is 0.116. The number of nitriles is 1. The first-order valence-electron chi connectivity index (χ1n) is 9.31. The molecule has 0 radical (unpaired) electrons. The second-order valence-corrected chi connectivity index (χ2v) is 7.80. The Labute approximate surface area is 166 Å². The van der Waals surface area contributed by atoms with E-state index in [9.17, 15) is 13.2 Å². The third-order valence-corrected chi connectivity index (χ3v) is 5.42. The normalized spacial score (nSPS) is 26.2. The van der Waals surface area contributed by atoms with Gasteiger partial charge in [0.25, 0.3) is 0 Å². The van der Waals surface area contributed by atoms with Gasteiger partial charge in [-0.15, -0.1) is 0 Å². The summed E-state index contributed by atoms with van der Waals surface area (Å²) in [4.78, 5) is 15.7. The van der Waals surface area contributed by atoms with Crippen LogP contribution in [0.15, 0.2) is 18.3 Å². The van der Waals surface area contributed by atoms with Crippen LogP contribution in [0.5, 0.6) is 5.88 Å². The minimum Gasteiger partial charge on any atom is -0.477 e. The van der Waals surface area contributed by atoms with Crippen LogP contribution < -0.4 is 4.74 Å². The number of halogens is 3. The van der Waals surface area contributed by atoms with E-state index in [-0.39, 0.29) is 5.41 Å². The Morgan fingerprint density at radius 3 is 2.72 bits per heavy atom. The van der Waals surface area contributed by atoms with Crippen LogP contribution in [0.2, 0.25) is 0 Å². The van der Waals surface area contributed by atoms with Crippen LogP contribution in [-0.4, -0.2) is 66.6 Å². The summed E-state index contributed by atoms with van der Waals surface area (Å²) in [5.41, 5.74) is 0.675. The summed E-state index contributed by atoms with van der Waals surface area (Å²) < 4.78 is 43.4. The molecule has 1 aromatic rings. The summed E-state index contributed by atoms with van der Waals surface area (Å²) in [6.45, 7) is 5.75. The Kier molecular flexibility index (Phi) is 6.29. The Morgan fingerprint density at radius 1 is 1.45 bits per heavy atom. The maximum Gasteiger partial charge on any atom is 0.490 e. The predicted octanol–water partition coefficient (Wildman–Crippen LogP) is 2.32. The fourth-order valence-corrected chi connectivity index (χ4v) is 3.70. The molecule has 1 aromatic heterocycles. The molecule has 0 spiro atoms. The molecule has 1 aliphatic carbocycles. The van der Waals surface area contributed by atoms with Gasteiger partial charge < -0.3 is 19.5 Å². The summed E-state index contributed by atoms with van der Waals surface area (Å²) in [6.07, 6.45) is -0.726. The number of pyridine rings is 1. The molecule has 0 unspecified atom stereocenters. The van der Waals surface area contributed by atoms with Crippen molar-refractivity contribution in [3.05, 3.63) is 23.9 Å². The molecule has 158 valence electrons. The number of rotatable bonds is 5. The van der Waals surface area contributed by atoms with Crippen LogP contribution in [-0.2, 0) is 9.53 Å². The zero-order chi connectivity index (χ0) is 21.1. The molecular weight excluding hydrogens is 391 g/mol. The zero-order valence-corrected chi connectivity index (χ0v) is 15.7. The van der Waals surface area contributed by atoms with Gasteiger partial charge >= 0.3 is 12.1 Å². The van der Waals surface area contributed by atoms with Crippen molar-refractivity contribution >= 4 is 5.97 Å². The van der Waals surface area contributed by atoms with Crippen LogP contribution in [0.1, 0.15) is 18.4 Å². The Balaban J connectivity index is 0.000000298. The average molecular weight is 413 g/mol. The molecule has 2 aliphatic heterocycles. The molecule has 10 heteroatoms. The molecule has 2 atom stereocenters. The van der Waals surface area contributed by atoms with E-state index in [1.54, 1.807) is 18.3 Å². The highest BCUT2D eigenvalue weighted by molar-refractivity contribution is 5.73. The summed E-state index contributed by atoms with van der Waals surface area (Å²) in [7, 11) is 0. The molecule has 4 rings (SSSR count). The van der Waals surface area contributed by atoms with Gasteiger partial charge in [-0.3, -0.25) is 0 Å². The molecule has 1 N–H and O–H groups in total. The molecule has 1 saturated carbocycles. The number of ether oxygens (including phenoxy) is 2. The van der Waals surface area contributed by atoms with Crippen LogP contribution in [0.4, 0.5) is 13.2 Å². The maximum atomic E-state index is 10.6. The lowest BCUT2D eigenvalue weighted by molar-refractivity contribution is -0.192. The average Bonchev–Trinajstić information content (AvgIpc) is 3.30. The van der Waals surface area contributed by atoms with Gasteiger partial charge in [0.15, 0.2) is 0 Å². The lowest BCUT2D eigenvalue weighted by Crippen LogP contribution is -2.37. The smallest absolute Gasteiger partial charge is 0.477 e. The van der Waals surface area contributed by atoms with Crippen molar-refractivity contribution in [3.63, 3.8) is 0 Å². The van der Waals surface area contributed by atoms with Gasteiger partial charge in [0.05, 0.1) is 25.4 Å². The van der Waals surface area contributed by atoms with Crippen molar-refractivity contribution < 1.29 is 32.5 Å². The molecule has 2 saturated heterocycles. The summed E-state index contributed by atoms with van der Waals surface area (Å²) in [5, 5.41) is 15.9. The Bertz CT molecular complexity index is 761. The number of hydrogen-bond donors (Lipinski definition) is 1. The topological polar surface area (TPSA) is 95.7 Å². The number of carboxylic acid groups (broad SMARTS) is 1. The quantitative estimate of drug-likeness (QED) is 0.792. The molecule has 0 bridgehead atoms. The third-order valence-electron chi connectivity index (χ3n) is 5.42. The van der Waals surface area contributed by atoms with E-state index in [1.165, 1.54) is 19.4 Å². The van der Waals surface area contributed by atoms with Gasteiger partial charge in [-0.2, -0.15) is 18.4 Å². The number of carboxylic acids is 1. The Hall–Kier alpha value is -2.38. The molecule has 0 aromatic carbocycles. The van der Waals surface area contributed by atoms with Crippen molar-refractivity contribution in [1.82, 2.24) is 9.88 Å². The van der Waals surface area contributed by atoms with Gasteiger partial charge in [0, 0.05) is 43.2 Å².